The van der Waals surface area contributed by atoms with Crippen LogP contribution in [0.25, 0.3) is 0 Å². The predicted molar refractivity (Wildman–Crippen MR) is 65.8 cm³/mol. The Morgan fingerprint density at radius 1 is 1.38 bits per heavy atom. The second-order valence-electron chi connectivity index (χ2n) is 3.39. The molecule has 0 saturated heterocycles. The smallest absolute Gasteiger partial charge is 0.233 e. The molecule has 0 fully saturated rings. The molecule has 0 bridgehead atoms. The number of aromatic nitrogens is 1. The van der Waals surface area contributed by atoms with Gasteiger partial charge in [0, 0.05) is 12.6 Å². The topological polar surface area (TPSA) is 68.0 Å². The van der Waals surface area contributed by atoms with E-state index >= 15 is 0 Å². The van der Waals surface area contributed by atoms with Gasteiger partial charge in [-0.25, -0.2) is 10.8 Å². The van der Waals surface area contributed by atoms with Gasteiger partial charge in [-0.05, 0) is 30.7 Å². The Balaban J connectivity index is 1.98. The Labute approximate surface area is 100.0 Å². The van der Waals surface area contributed by atoms with E-state index in [4.69, 9.17) is 5.84 Å². The maximum atomic E-state index is 10.8. The molecule has 1 rings (SSSR count). The molecule has 1 aromatic rings. The van der Waals surface area contributed by atoms with Crippen LogP contribution < -0.4 is 11.3 Å². The van der Waals surface area contributed by atoms with Gasteiger partial charge in [0.25, 0.3) is 0 Å². The highest BCUT2D eigenvalue weighted by molar-refractivity contribution is 7.99. The highest BCUT2D eigenvalue weighted by Crippen LogP contribution is 2.16. The molecule has 0 aliphatic heterocycles. The van der Waals surface area contributed by atoms with Gasteiger partial charge in [0.05, 0.1) is 5.03 Å². The Bertz CT molecular complexity index is 305. The molecule has 0 radical (unpaired) electrons. The largest absolute Gasteiger partial charge is 0.294 e. The van der Waals surface area contributed by atoms with Gasteiger partial charge < -0.3 is 0 Å². The fourth-order valence-corrected chi connectivity index (χ4v) is 2.11. The van der Waals surface area contributed by atoms with Crippen LogP contribution in [0.15, 0.2) is 29.4 Å². The number of hydrogen-bond donors (Lipinski definition) is 2. The Kier molecular flexibility index (Phi) is 6.60. The van der Waals surface area contributed by atoms with Crippen molar-refractivity contribution in [2.75, 3.05) is 5.75 Å². The molecule has 0 unspecified atom stereocenters. The van der Waals surface area contributed by atoms with Crippen LogP contribution in [0.1, 0.15) is 25.7 Å². The summed E-state index contributed by atoms with van der Waals surface area (Å²) in [6, 6.07) is 5.91. The lowest BCUT2D eigenvalue weighted by Gasteiger charge is -2.01. The van der Waals surface area contributed by atoms with Crippen molar-refractivity contribution in [3.63, 3.8) is 0 Å². The normalized spacial score (nSPS) is 10.1. The highest BCUT2D eigenvalue weighted by Gasteiger charge is 1.98. The first-order valence-corrected chi connectivity index (χ1v) is 6.35. The predicted octanol–water partition coefficient (Wildman–Crippen LogP) is 1.72. The summed E-state index contributed by atoms with van der Waals surface area (Å²) in [5.41, 5.74) is 2.13. The maximum Gasteiger partial charge on any atom is 0.233 e. The van der Waals surface area contributed by atoms with Crippen LogP contribution in [0.3, 0.4) is 0 Å². The van der Waals surface area contributed by atoms with Gasteiger partial charge in [0.2, 0.25) is 5.91 Å². The third-order valence-electron chi connectivity index (χ3n) is 2.10. The van der Waals surface area contributed by atoms with Crippen molar-refractivity contribution in [2.24, 2.45) is 5.84 Å². The molecular formula is C11H17N3OS. The van der Waals surface area contributed by atoms with Crippen molar-refractivity contribution in [2.45, 2.75) is 30.7 Å². The van der Waals surface area contributed by atoms with Crippen LogP contribution in [0.4, 0.5) is 0 Å². The number of amides is 1. The van der Waals surface area contributed by atoms with E-state index in [0.717, 1.165) is 30.0 Å². The Hall–Kier alpha value is -1.07. The zero-order chi connectivity index (χ0) is 11.6. The van der Waals surface area contributed by atoms with Crippen LogP contribution in [0.2, 0.25) is 0 Å². The van der Waals surface area contributed by atoms with Crippen molar-refractivity contribution < 1.29 is 4.79 Å². The third-order valence-corrected chi connectivity index (χ3v) is 3.13. The molecule has 0 aliphatic carbocycles. The van der Waals surface area contributed by atoms with Gasteiger partial charge in [-0.1, -0.05) is 12.5 Å². The molecule has 5 heteroatoms. The van der Waals surface area contributed by atoms with Crippen molar-refractivity contribution in [1.82, 2.24) is 10.4 Å². The van der Waals surface area contributed by atoms with Gasteiger partial charge in [-0.15, -0.1) is 11.8 Å². The zero-order valence-corrected chi connectivity index (χ0v) is 10.0. The number of nitrogens with zero attached hydrogens (tertiary/aromatic N) is 1. The average Bonchev–Trinajstić information content (AvgIpc) is 2.34. The Morgan fingerprint density at radius 3 is 2.94 bits per heavy atom. The quantitative estimate of drug-likeness (QED) is 0.250. The molecule has 0 atom stereocenters. The van der Waals surface area contributed by atoms with Crippen LogP contribution in [-0.2, 0) is 4.79 Å². The van der Waals surface area contributed by atoms with Gasteiger partial charge in [0.15, 0.2) is 0 Å². The third kappa shape index (κ3) is 5.72. The van der Waals surface area contributed by atoms with E-state index in [2.05, 4.69) is 10.4 Å². The van der Waals surface area contributed by atoms with Gasteiger partial charge in [0.1, 0.15) is 0 Å². The van der Waals surface area contributed by atoms with Gasteiger partial charge in [-0.2, -0.15) is 0 Å². The summed E-state index contributed by atoms with van der Waals surface area (Å²) in [7, 11) is 0. The monoisotopic (exact) mass is 239 g/mol. The number of unbranched alkanes of at least 4 members (excludes halogenated alkanes) is 2. The molecule has 1 heterocycles. The van der Waals surface area contributed by atoms with Crippen molar-refractivity contribution in [3.8, 4) is 0 Å². The van der Waals surface area contributed by atoms with E-state index < -0.39 is 0 Å². The van der Waals surface area contributed by atoms with Crippen LogP contribution in [0, 0.1) is 0 Å². The summed E-state index contributed by atoms with van der Waals surface area (Å²) in [6.45, 7) is 0. The first kappa shape index (κ1) is 13.0. The second-order valence-corrected chi connectivity index (χ2v) is 4.51. The number of hydrazine groups is 1. The average molecular weight is 239 g/mol. The zero-order valence-electron chi connectivity index (χ0n) is 9.19. The number of rotatable bonds is 7. The summed E-state index contributed by atoms with van der Waals surface area (Å²) in [5, 5.41) is 1.06. The number of hydrogen-bond acceptors (Lipinski definition) is 4. The number of carbonyl (C=O) groups excluding carboxylic acids is 1. The molecule has 1 amide bonds. The van der Waals surface area contributed by atoms with Gasteiger partial charge >= 0.3 is 0 Å². The van der Waals surface area contributed by atoms with Crippen LogP contribution >= 0.6 is 11.8 Å². The molecule has 4 nitrogen and oxygen atoms in total. The summed E-state index contributed by atoms with van der Waals surface area (Å²) in [4.78, 5) is 15.0. The fourth-order valence-electron chi connectivity index (χ4n) is 1.25. The van der Waals surface area contributed by atoms with Crippen molar-refractivity contribution >= 4 is 17.7 Å². The summed E-state index contributed by atoms with van der Waals surface area (Å²) < 4.78 is 0. The molecule has 88 valence electrons. The summed E-state index contributed by atoms with van der Waals surface area (Å²) in [5.74, 6) is 5.93. The van der Waals surface area contributed by atoms with Gasteiger partial charge in [-0.3, -0.25) is 10.2 Å². The minimum absolute atomic E-state index is 0.0858. The molecule has 1 aromatic heterocycles. The first-order valence-electron chi connectivity index (χ1n) is 5.36. The lowest BCUT2D eigenvalue weighted by molar-refractivity contribution is -0.121. The first-order chi connectivity index (χ1) is 7.83. The number of thioether (sulfide) groups is 1. The summed E-state index contributed by atoms with van der Waals surface area (Å²) >= 11 is 1.75. The minimum Gasteiger partial charge on any atom is -0.294 e. The van der Waals surface area contributed by atoms with Crippen molar-refractivity contribution in [1.29, 1.82) is 0 Å². The lowest BCUT2D eigenvalue weighted by atomic mass is 10.2. The molecule has 16 heavy (non-hydrogen) atoms. The van der Waals surface area contributed by atoms with E-state index in [0.29, 0.717) is 6.42 Å². The lowest BCUT2D eigenvalue weighted by Crippen LogP contribution is -2.29. The van der Waals surface area contributed by atoms with E-state index in [9.17, 15) is 4.79 Å². The van der Waals surface area contributed by atoms with E-state index in [1.807, 2.05) is 18.2 Å². The minimum atomic E-state index is -0.0858. The number of pyridine rings is 1. The molecule has 0 spiro atoms. The molecular weight excluding hydrogens is 222 g/mol. The second kappa shape index (κ2) is 8.13. The SMILES string of the molecule is NNC(=O)CCCCCSc1ccccn1. The molecule has 0 saturated carbocycles. The van der Waals surface area contributed by atoms with E-state index in [1.54, 1.807) is 18.0 Å². The number of nitrogens with two attached hydrogens (primary N) is 1. The van der Waals surface area contributed by atoms with E-state index in [-0.39, 0.29) is 5.91 Å². The fraction of sp³-hybridized carbons (Fsp3) is 0.455. The highest BCUT2D eigenvalue weighted by atomic mass is 32.2. The molecule has 0 aliphatic rings. The van der Waals surface area contributed by atoms with Crippen LogP contribution in [-0.4, -0.2) is 16.6 Å². The maximum absolute atomic E-state index is 10.8. The number of carbonyl (C=O) groups is 1. The van der Waals surface area contributed by atoms with E-state index in [1.165, 1.54) is 0 Å². The standard InChI is InChI=1S/C11H17N3OS/c12-14-10(15)6-2-1-5-9-16-11-7-3-4-8-13-11/h3-4,7-8H,1-2,5-6,9,12H2,(H,14,15). The van der Waals surface area contributed by atoms with Crippen molar-refractivity contribution in [3.05, 3.63) is 24.4 Å². The molecule has 0 aromatic carbocycles. The Morgan fingerprint density at radius 2 is 2.25 bits per heavy atom. The summed E-state index contributed by atoms with van der Waals surface area (Å²) in [6.07, 6.45) is 5.36. The molecule has 3 N–H and O–H groups in total. The number of nitrogens with one attached hydrogen (secondary N) is 1. The van der Waals surface area contributed by atoms with Crippen LogP contribution in [0.5, 0.6) is 0 Å².